The minimum Gasteiger partial charge on any atom is -0.326 e. The molecule has 0 saturated carbocycles. The Balaban J connectivity index is 1.90. The van der Waals surface area contributed by atoms with Crippen LogP contribution < -0.4 is 5.73 Å². The van der Waals surface area contributed by atoms with E-state index in [4.69, 9.17) is 5.73 Å². The quantitative estimate of drug-likeness (QED) is 0.785. The van der Waals surface area contributed by atoms with Crippen molar-refractivity contribution in [2.24, 2.45) is 5.73 Å². The van der Waals surface area contributed by atoms with Crippen LogP contribution in [0.25, 0.3) is 10.7 Å². The number of aromatic nitrogens is 2. The molecule has 0 bridgehead atoms. The molecule has 2 N–H and O–H groups in total. The van der Waals surface area contributed by atoms with Crippen molar-refractivity contribution in [3.05, 3.63) is 65.3 Å². The van der Waals surface area contributed by atoms with Gasteiger partial charge in [-0.15, -0.1) is 11.3 Å². The monoisotopic (exact) mass is 297 g/mol. The van der Waals surface area contributed by atoms with Crippen molar-refractivity contribution in [1.29, 1.82) is 0 Å². The van der Waals surface area contributed by atoms with Crippen LogP contribution in [-0.4, -0.2) is 9.55 Å². The van der Waals surface area contributed by atoms with Gasteiger partial charge in [0, 0.05) is 12.4 Å². The van der Waals surface area contributed by atoms with Crippen molar-refractivity contribution in [1.82, 2.24) is 9.55 Å². The average molecular weight is 297 g/mol. The van der Waals surface area contributed by atoms with Gasteiger partial charge in [-0.2, -0.15) is 0 Å². The topological polar surface area (TPSA) is 43.8 Å². The fraction of sp³-hybridized carbons (Fsp3) is 0.235. The lowest BCUT2D eigenvalue weighted by Gasteiger charge is -2.23. The summed E-state index contributed by atoms with van der Waals surface area (Å²) in [6, 6.07) is 12.7. The average Bonchev–Trinajstić information content (AvgIpc) is 3.17. The van der Waals surface area contributed by atoms with Gasteiger partial charge in [0.05, 0.1) is 17.0 Å². The van der Waals surface area contributed by atoms with Crippen LogP contribution in [0, 0.1) is 6.92 Å². The highest BCUT2D eigenvalue weighted by Gasteiger charge is 2.19. The van der Waals surface area contributed by atoms with Gasteiger partial charge in [0.25, 0.3) is 0 Å². The van der Waals surface area contributed by atoms with Crippen LogP contribution in [0.4, 0.5) is 0 Å². The van der Waals surface area contributed by atoms with E-state index in [1.54, 1.807) is 11.3 Å². The minimum absolute atomic E-state index is 0.0569. The first-order valence-corrected chi connectivity index (χ1v) is 7.93. The predicted molar refractivity (Wildman–Crippen MR) is 88.4 cm³/mol. The molecule has 0 aliphatic carbocycles. The van der Waals surface area contributed by atoms with E-state index in [-0.39, 0.29) is 12.1 Å². The van der Waals surface area contributed by atoms with Crippen molar-refractivity contribution in [2.45, 2.75) is 25.9 Å². The number of thiophene rings is 1. The molecule has 0 spiro atoms. The Morgan fingerprint density at radius 3 is 2.62 bits per heavy atom. The molecule has 0 saturated heterocycles. The molecular formula is C17H19N3S. The molecule has 0 fully saturated rings. The van der Waals surface area contributed by atoms with Crippen LogP contribution in [-0.2, 0) is 0 Å². The second-order valence-electron chi connectivity index (χ2n) is 5.31. The van der Waals surface area contributed by atoms with Crippen LogP contribution in [0.1, 0.15) is 30.1 Å². The Morgan fingerprint density at radius 1 is 1.19 bits per heavy atom. The van der Waals surface area contributed by atoms with Gasteiger partial charge in [0.1, 0.15) is 5.82 Å². The van der Waals surface area contributed by atoms with Gasteiger partial charge < -0.3 is 10.3 Å². The number of rotatable bonds is 4. The third kappa shape index (κ3) is 2.77. The third-order valence-corrected chi connectivity index (χ3v) is 4.70. The molecule has 3 nitrogen and oxygen atoms in total. The summed E-state index contributed by atoms with van der Waals surface area (Å²) in [5.74, 6) is 0.986. The SMILES string of the molecule is Cc1ccc(C(N)C(C)n2ccnc2-c2cccs2)cc1. The lowest BCUT2D eigenvalue weighted by Crippen LogP contribution is -2.22. The maximum absolute atomic E-state index is 6.46. The van der Waals surface area contributed by atoms with Crippen molar-refractivity contribution in [3.63, 3.8) is 0 Å². The zero-order valence-electron chi connectivity index (χ0n) is 12.2. The summed E-state index contributed by atoms with van der Waals surface area (Å²) in [7, 11) is 0. The van der Waals surface area contributed by atoms with Crippen LogP contribution >= 0.6 is 11.3 Å². The molecule has 0 aliphatic rings. The Hall–Kier alpha value is -1.91. The highest BCUT2D eigenvalue weighted by molar-refractivity contribution is 7.13. The molecule has 1 aromatic carbocycles. The molecule has 2 unspecified atom stereocenters. The fourth-order valence-corrected chi connectivity index (χ4v) is 3.20. The summed E-state index contributed by atoms with van der Waals surface area (Å²) >= 11 is 1.70. The van der Waals surface area contributed by atoms with Crippen LogP contribution in [0.3, 0.4) is 0 Å². The van der Waals surface area contributed by atoms with Gasteiger partial charge in [-0.05, 0) is 30.9 Å². The number of hydrogen-bond acceptors (Lipinski definition) is 3. The van der Waals surface area contributed by atoms with E-state index >= 15 is 0 Å². The largest absolute Gasteiger partial charge is 0.326 e. The summed E-state index contributed by atoms with van der Waals surface area (Å²) in [4.78, 5) is 5.66. The number of nitrogens with zero attached hydrogens (tertiary/aromatic N) is 2. The smallest absolute Gasteiger partial charge is 0.150 e. The van der Waals surface area contributed by atoms with E-state index in [1.165, 1.54) is 10.4 Å². The summed E-state index contributed by atoms with van der Waals surface area (Å²) < 4.78 is 2.16. The van der Waals surface area contributed by atoms with Gasteiger partial charge in [-0.3, -0.25) is 0 Å². The van der Waals surface area contributed by atoms with Crippen LogP contribution in [0.2, 0.25) is 0 Å². The maximum atomic E-state index is 6.46. The maximum Gasteiger partial charge on any atom is 0.150 e. The minimum atomic E-state index is -0.0569. The van der Waals surface area contributed by atoms with E-state index in [9.17, 15) is 0 Å². The lowest BCUT2D eigenvalue weighted by molar-refractivity contribution is 0.457. The van der Waals surface area contributed by atoms with Gasteiger partial charge in [-0.1, -0.05) is 35.9 Å². The van der Waals surface area contributed by atoms with Gasteiger partial charge in [-0.25, -0.2) is 4.98 Å². The molecule has 2 aromatic heterocycles. The van der Waals surface area contributed by atoms with Crippen molar-refractivity contribution in [3.8, 4) is 10.7 Å². The summed E-state index contributed by atoms with van der Waals surface area (Å²) in [6.07, 6.45) is 3.85. The third-order valence-electron chi connectivity index (χ3n) is 3.83. The Labute approximate surface area is 129 Å². The zero-order chi connectivity index (χ0) is 14.8. The fourth-order valence-electron chi connectivity index (χ4n) is 2.48. The normalized spacial score (nSPS) is 14.0. The number of aryl methyl sites for hydroxylation is 1. The molecule has 2 atom stereocenters. The van der Waals surface area contributed by atoms with E-state index in [0.29, 0.717) is 0 Å². The summed E-state index contributed by atoms with van der Waals surface area (Å²) in [5.41, 5.74) is 8.86. The molecule has 21 heavy (non-hydrogen) atoms. The summed E-state index contributed by atoms with van der Waals surface area (Å²) in [6.45, 7) is 4.23. The van der Waals surface area contributed by atoms with Crippen LogP contribution in [0.15, 0.2) is 54.2 Å². The van der Waals surface area contributed by atoms with Crippen molar-refractivity contribution < 1.29 is 0 Å². The van der Waals surface area contributed by atoms with E-state index in [2.05, 4.69) is 59.1 Å². The summed E-state index contributed by atoms with van der Waals surface area (Å²) in [5, 5.41) is 2.07. The van der Waals surface area contributed by atoms with E-state index in [1.807, 2.05) is 18.5 Å². The molecule has 108 valence electrons. The predicted octanol–water partition coefficient (Wildman–Crippen LogP) is 4.18. The molecule has 0 radical (unpaired) electrons. The van der Waals surface area contributed by atoms with Crippen LogP contribution in [0.5, 0.6) is 0 Å². The highest BCUT2D eigenvalue weighted by atomic mass is 32.1. The number of benzene rings is 1. The Kier molecular flexibility index (Phi) is 3.90. The first kappa shape index (κ1) is 14.0. The Bertz CT molecular complexity index is 698. The van der Waals surface area contributed by atoms with Gasteiger partial charge in [0.15, 0.2) is 0 Å². The molecule has 2 heterocycles. The molecule has 0 amide bonds. The molecule has 0 aliphatic heterocycles. The number of imidazole rings is 1. The first-order chi connectivity index (χ1) is 10.2. The van der Waals surface area contributed by atoms with Crippen molar-refractivity contribution >= 4 is 11.3 Å². The zero-order valence-corrected chi connectivity index (χ0v) is 13.0. The number of hydrogen-bond donors (Lipinski definition) is 1. The molecule has 3 rings (SSSR count). The highest BCUT2D eigenvalue weighted by Crippen LogP contribution is 2.30. The van der Waals surface area contributed by atoms with Gasteiger partial charge >= 0.3 is 0 Å². The number of nitrogens with two attached hydrogens (primary N) is 1. The molecule has 4 heteroatoms. The first-order valence-electron chi connectivity index (χ1n) is 7.05. The molecule has 3 aromatic rings. The van der Waals surface area contributed by atoms with Crippen molar-refractivity contribution in [2.75, 3.05) is 0 Å². The Morgan fingerprint density at radius 2 is 1.95 bits per heavy atom. The second-order valence-corrected chi connectivity index (χ2v) is 6.26. The van der Waals surface area contributed by atoms with Gasteiger partial charge in [0.2, 0.25) is 0 Å². The molecular weight excluding hydrogens is 278 g/mol. The standard InChI is InChI=1S/C17H19N3S/c1-12-5-7-14(8-6-12)16(18)13(2)20-10-9-19-17(20)15-4-3-11-21-15/h3-11,13,16H,18H2,1-2H3. The lowest BCUT2D eigenvalue weighted by atomic mass is 10.00. The second kappa shape index (κ2) is 5.84. The van der Waals surface area contributed by atoms with E-state index < -0.39 is 0 Å². The van der Waals surface area contributed by atoms with E-state index in [0.717, 1.165) is 11.4 Å².